The summed E-state index contributed by atoms with van der Waals surface area (Å²) in [5, 5.41) is 0. The Bertz CT molecular complexity index is 1170. The molecular formula is C37H54N2O5Si2. The highest BCUT2D eigenvalue weighted by atomic mass is 28.3. The minimum atomic E-state index is -1.29. The zero-order chi connectivity index (χ0) is 33.6. The van der Waals surface area contributed by atoms with Crippen LogP contribution in [0.4, 0.5) is 4.79 Å². The lowest BCUT2D eigenvalue weighted by molar-refractivity contribution is -0.187. The molecule has 1 aliphatic heterocycles. The molecule has 0 N–H and O–H groups in total. The van der Waals surface area contributed by atoms with Crippen molar-refractivity contribution in [1.29, 1.82) is 0 Å². The van der Waals surface area contributed by atoms with Crippen LogP contribution < -0.4 is 0 Å². The Morgan fingerprint density at radius 1 is 0.652 bits per heavy atom. The molecule has 46 heavy (non-hydrogen) atoms. The van der Waals surface area contributed by atoms with Gasteiger partial charge in [0.2, 0.25) is 0 Å². The SMILES string of the molecule is C#CCN1C(=O)N(CC#C)[C@H](Cc2ccccc2)[C@H](OCOCC[Si](C)(C)C)[C@@H](OCOCC[Si](C)(C)C)[C@H]1Cc1ccccc1. The monoisotopic (exact) mass is 662 g/mol. The minimum Gasteiger partial charge on any atom is -0.356 e. The molecule has 3 rings (SSSR count). The second-order valence-electron chi connectivity index (χ2n) is 14.4. The molecule has 2 aromatic carbocycles. The van der Waals surface area contributed by atoms with Crippen molar-refractivity contribution in [2.45, 2.75) is 88.5 Å². The van der Waals surface area contributed by atoms with E-state index in [0.29, 0.717) is 26.1 Å². The molecule has 1 fully saturated rings. The van der Waals surface area contributed by atoms with Crippen LogP contribution >= 0.6 is 0 Å². The van der Waals surface area contributed by atoms with Crippen LogP contribution in [0.3, 0.4) is 0 Å². The van der Waals surface area contributed by atoms with Crippen molar-refractivity contribution in [3.8, 4) is 24.7 Å². The predicted octanol–water partition coefficient (Wildman–Crippen LogP) is 6.61. The largest absolute Gasteiger partial charge is 0.356 e. The summed E-state index contributed by atoms with van der Waals surface area (Å²) in [6.07, 6.45) is 11.7. The summed E-state index contributed by atoms with van der Waals surface area (Å²) in [5.41, 5.74) is 2.12. The molecule has 9 heteroatoms. The van der Waals surface area contributed by atoms with Crippen molar-refractivity contribution in [3.05, 3.63) is 71.8 Å². The Morgan fingerprint density at radius 2 is 1.02 bits per heavy atom. The summed E-state index contributed by atoms with van der Waals surface area (Å²) in [4.78, 5) is 17.9. The Balaban J connectivity index is 2.07. The second-order valence-corrected chi connectivity index (χ2v) is 25.6. The molecule has 2 aromatic rings. The molecule has 0 aromatic heterocycles. The lowest BCUT2D eigenvalue weighted by Crippen LogP contribution is -2.53. The van der Waals surface area contributed by atoms with Crippen molar-refractivity contribution < 1.29 is 23.7 Å². The number of nitrogens with zero attached hydrogens (tertiary/aromatic N) is 2. The standard InChI is InChI=1S/C37H54N2O5Si2/c1-9-21-38-33(27-31-17-13-11-14-18-31)35(43-29-41-23-25-45(3,4)5)36(44-30-42-24-26-46(6,7)8)34(39(22-10-2)37(38)40)28-32-19-15-12-16-20-32/h1-2,11-20,33-36H,21-30H2,3-8H3/t33-,34-,35+,36+/m1/s1. The summed E-state index contributed by atoms with van der Waals surface area (Å²) in [6.45, 7) is 15.5. The molecular weight excluding hydrogens is 609 g/mol. The molecule has 4 atom stereocenters. The Labute approximate surface area is 280 Å². The summed E-state index contributed by atoms with van der Waals surface area (Å²) in [6, 6.07) is 21.1. The fourth-order valence-electron chi connectivity index (χ4n) is 5.51. The fourth-order valence-corrected chi connectivity index (χ4v) is 7.02. The van der Waals surface area contributed by atoms with E-state index in [-0.39, 0.29) is 32.7 Å². The highest BCUT2D eigenvalue weighted by Gasteiger charge is 2.48. The summed E-state index contributed by atoms with van der Waals surface area (Å²) in [7, 11) is -2.59. The van der Waals surface area contributed by atoms with Crippen LogP contribution in [-0.2, 0) is 31.8 Å². The number of carbonyl (C=O) groups is 1. The van der Waals surface area contributed by atoms with E-state index >= 15 is 0 Å². The number of urea groups is 1. The van der Waals surface area contributed by atoms with Crippen molar-refractivity contribution >= 4 is 22.2 Å². The molecule has 7 nitrogen and oxygen atoms in total. The van der Waals surface area contributed by atoms with Gasteiger partial charge in [0.25, 0.3) is 0 Å². The molecule has 0 radical (unpaired) electrons. The van der Waals surface area contributed by atoms with Gasteiger partial charge in [-0.05, 0) is 36.1 Å². The van der Waals surface area contributed by atoms with Crippen LogP contribution in [0, 0.1) is 24.7 Å². The topological polar surface area (TPSA) is 60.5 Å². The van der Waals surface area contributed by atoms with E-state index in [0.717, 1.165) is 23.2 Å². The third-order valence-corrected chi connectivity index (χ3v) is 11.6. The number of benzene rings is 2. The smallest absolute Gasteiger partial charge is 0.322 e. The number of hydrogen-bond acceptors (Lipinski definition) is 5. The highest BCUT2D eigenvalue weighted by molar-refractivity contribution is 6.76. The normalized spacial score (nSPS) is 20.7. The van der Waals surface area contributed by atoms with Gasteiger partial charge in [0.15, 0.2) is 0 Å². The molecule has 0 unspecified atom stereocenters. The average molecular weight is 663 g/mol. The van der Waals surface area contributed by atoms with Gasteiger partial charge in [-0.1, -0.05) is 112 Å². The maximum Gasteiger partial charge on any atom is 0.322 e. The van der Waals surface area contributed by atoms with Gasteiger partial charge in [-0.15, -0.1) is 12.8 Å². The van der Waals surface area contributed by atoms with Crippen LogP contribution in [-0.4, -0.2) is 96.2 Å². The van der Waals surface area contributed by atoms with E-state index in [1.807, 2.05) is 36.4 Å². The fraction of sp³-hybridized carbons (Fsp3) is 0.541. The minimum absolute atomic E-state index is 0.0715. The van der Waals surface area contributed by atoms with E-state index in [1.165, 1.54) is 0 Å². The van der Waals surface area contributed by atoms with E-state index in [9.17, 15) is 4.79 Å². The van der Waals surface area contributed by atoms with Crippen molar-refractivity contribution in [2.24, 2.45) is 0 Å². The molecule has 250 valence electrons. The summed E-state index contributed by atoms with van der Waals surface area (Å²) in [5.74, 6) is 5.45. The number of ether oxygens (including phenoxy) is 4. The Kier molecular flexibility index (Phi) is 15.1. The number of amides is 2. The third-order valence-electron chi connectivity index (χ3n) is 8.15. The molecule has 0 spiro atoms. The van der Waals surface area contributed by atoms with Gasteiger partial charge < -0.3 is 28.7 Å². The summed E-state index contributed by atoms with van der Waals surface area (Å²) < 4.78 is 25.5. The Hall–Kier alpha value is -2.90. The van der Waals surface area contributed by atoms with Crippen LogP contribution in [0.15, 0.2) is 60.7 Å². The van der Waals surface area contributed by atoms with Crippen molar-refractivity contribution in [2.75, 3.05) is 39.9 Å². The molecule has 0 bridgehead atoms. The van der Waals surface area contributed by atoms with Gasteiger partial charge in [-0.2, -0.15) is 0 Å². The molecule has 2 amide bonds. The van der Waals surface area contributed by atoms with Gasteiger partial charge in [0.1, 0.15) is 25.8 Å². The first kappa shape index (κ1) is 37.6. The molecule has 1 saturated heterocycles. The first-order chi connectivity index (χ1) is 21.9. The zero-order valence-electron chi connectivity index (χ0n) is 28.7. The lowest BCUT2D eigenvalue weighted by atomic mass is 9.90. The van der Waals surface area contributed by atoms with Crippen LogP contribution in [0.1, 0.15) is 11.1 Å². The predicted molar refractivity (Wildman–Crippen MR) is 192 cm³/mol. The van der Waals surface area contributed by atoms with E-state index in [4.69, 9.17) is 31.8 Å². The van der Waals surface area contributed by atoms with Crippen LogP contribution in [0.2, 0.25) is 51.4 Å². The Morgan fingerprint density at radius 3 is 1.35 bits per heavy atom. The second kappa shape index (κ2) is 18.4. The van der Waals surface area contributed by atoms with Crippen LogP contribution in [0.25, 0.3) is 0 Å². The number of hydrogen-bond donors (Lipinski definition) is 0. The van der Waals surface area contributed by atoms with Gasteiger partial charge >= 0.3 is 6.03 Å². The first-order valence-electron chi connectivity index (χ1n) is 16.3. The molecule has 1 heterocycles. The molecule has 0 saturated carbocycles. The van der Waals surface area contributed by atoms with Gasteiger partial charge in [-0.25, -0.2) is 4.79 Å². The highest BCUT2D eigenvalue weighted by Crippen LogP contribution is 2.31. The van der Waals surface area contributed by atoms with Gasteiger partial charge in [0.05, 0.1) is 25.2 Å². The van der Waals surface area contributed by atoms with Crippen LogP contribution in [0.5, 0.6) is 0 Å². The van der Waals surface area contributed by atoms with Gasteiger partial charge in [-0.3, -0.25) is 0 Å². The molecule has 0 aliphatic carbocycles. The third kappa shape index (κ3) is 12.4. The van der Waals surface area contributed by atoms with Crippen molar-refractivity contribution in [1.82, 2.24) is 9.80 Å². The van der Waals surface area contributed by atoms with E-state index < -0.39 is 40.4 Å². The number of rotatable bonds is 18. The number of carbonyl (C=O) groups excluding carboxylic acids is 1. The van der Waals surface area contributed by atoms with Crippen molar-refractivity contribution in [3.63, 3.8) is 0 Å². The summed E-state index contributed by atoms with van der Waals surface area (Å²) >= 11 is 0. The zero-order valence-corrected chi connectivity index (χ0v) is 30.7. The van der Waals surface area contributed by atoms with E-state index in [2.05, 4.69) is 75.4 Å². The maximum absolute atomic E-state index is 14.5. The van der Waals surface area contributed by atoms with E-state index in [1.54, 1.807) is 9.80 Å². The lowest BCUT2D eigenvalue weighted by Gasteiger charge is -2.37. The molecule has 1 aliphatic rings. The average Bonchev–Trinajstić information content (AvgIpc) is 3.07. The van der Waals surface area contributed by atoms with Gasteiger partial charge in [0, 0.05) is 29.4 Å². The first-order valence-corrected chi connectivity index (χ1v) is 23.8. The maximum atomic E-state index is 14.5. The quantitative estimate of drug-likeness (QED) is 0.0779. The number of terminal acetylenes is 2.